The Kier molecular flexibility index (Phi) is 9.47. The van der Waals surface area contributed by atoms with Crippen LogP contribution < -0.4 is 9.62 Å². The van der Waals surface area contributed by atoms with Gasteiger partial charge in [-0.2, -0.15) is 0 Å². The molecule has 0 spiro atoms. The highest BCUT2D eigenvalue weighted by Crippen LogP contribution is 2.27. The lowest BCUT2D eigenvalue weighted by Crippen LogP contribution is -2.51. The van der Waals surface area contributed by atoms with E-state index in [4.69, 9.17) is 0 Å². The van der Waals surface area contributed by atoms with Crippen LogP contribution in [0.2, 0.25) is 0 Å². The normalized spacial score (nSPS) is 12.1. The fourth-order valence-corrected chi connectivity index (χ4v) is 5.39. The summed E-state index contributed by atoms with van der Waals surface area (Å²) in [6, 6.07) is 23.6. The van der Waals surface area contributed by atoms with Crippen LogP contribution in [0.5, 0.6) is 0 Å². The molecule has 1 atom stereocenters. The first kappa shape index (κ1) is 27.9. The summed E-state index contributed by atoms with van der Waals surface area (Å²) in [7, 11) is -4.06. The van der Waals surface area contributed by atoms with Crippen LogP contribution in [0.4, 0.5) is 5.69 Å². The van der Waals surface area contributed by atoms with Crippen molar-refractivity contribution in [1.29, 1.82) is 0 Å². The van der Waals surface area contributed by atoms with Crippen LogP contribution in [0.25, 0.3) is 0 Å². The lowest BCUT2D eigenvalue weighted by Gasteiger charge is -2.32. The molecular formula is C29H35N3O4S. The zero-order chi connectivity index (χ0) is 27.0. The molecule has 2 amide bonds. The second kappa shape index (κ2) is 12.5. The Morgan fingerprint density at radius 1 is 0.838 bits per heavy atom. The van der Waals surface area contributed by atoms with Gasteiger partial charge in [-0.05, 0) is 49.1 Å². The van der Waals surface area contributed by atoms with Crippen LogP contribution in [0.15, 0.2) is 89.8 Å². The van der Waals surface area contributed by atoms with Crippen molar-refractivity contribution in [1.82, 2.24) is 10.2 Å². The molecule has 0 fully saturated rings. The summed E-state index contributed by atoms with van der Waals surface area (Å²) in [5.74, 6) is -0.507. The molecule has 1 unspecified atom stereocenters. The highest BCUT2D eigenvalue weighted by molar-refractivity contribution is 7.92. The minimum Gasteiger partial charge on any atom is -0.354 e. The molecule has 3 rings (SSSR count). The van der Waals surface area contributed by atoms with Gasteiger partial charge >= 0.3 is 0 Å². The zero-order valence-electron chi connectivity index (χ0n) is 21.8. The summed E-state index contributed by atoms with van der Waals surface area (Å²) in [6.07, 6.45) is 0. The molecule has 37 heavy (non-hydrogen) atoms. The molecule has 0 saturated heterocycles. The summed E-state index contributed by atoms with van der Waals surface area (Å²) in [4.78, 5) is 28.3. The van der Waals surface area contributed by atoms with Gasteiger partial charge in [0.2, 0.25) is 11.8 Å². The van der Waals surface area contributed by atoms with Gasteiger partial charge in [0.05, 0.1) is 10.6 Å². The van der Waals surface area contributed by atoms with E-state index in [9.17, 15) is 18.0 Å². The van der Waals surface area contributed by atoms with Crippen LogP contribution >= 0.6 is 0 Å². The zero-order valence-corrected chi connectivity index (χ0v) is 22.6. The molecule has 7 nitrogen and oxygen atoms in total. The first-order valence-electron chi connectivity index (χ1n) is 12.4. The van der Waals surface area contributed by atoms with E-state index in [1.54, 1.807) is 50.2 Å². The largest absolute Gasteiger partial charge is 0.354 e. The minimum absolute atomic E-state index is 0.0865. The number of sulfonamides is 1. The van der Waals surface area contributed by atoms with E-state index in [-0.39, 0.29) is 23.3 Å². The van der Waals surface area contributed by atoms with E-state index in [1.807, 2.05) is 50.2 Å². The molecule has 0 aliphatic rings. The highest BCUT2D eigenvalue weighted by Gasteiger charge is 2.33. The first-order valence-corrected chi connectivity index (χ1v) is 13.8. The number of benzene rings is 3. The second-order valence-electron chi connectivity index (χ2n) is 9.43. The van der Waals surface area contributed by atoms with Crippen molar-refractivity contribution in [2.24, 2.45) is 5.92 Å². The number of hydrogen-bond acceptors (Lipinski definition) is 4. The Morgan fingerprint density at radius 3 is 2.00 bits per heavy atom. The molecule has 0 aromatic heterocycles. The molecule has 0 bridgehead atoms. The number of aryl methyl sites for hydroxylation is 1. The predicted octanol–water partition coefficient (Wildman–Crippen LogP) is 4.38. The van der Waals surface area contributed by atoms with Crippen LogP contribution in [0.1, 0.15) is 31.9 Å². The third kappa shape index (κ3) is 7.20. The van der Waals surface area contributed by atoms with E-state index in [0.717, 1.165) is 9.87 Å². The summed E-state index contributed by atoms with van der Waals surface area (Å²) in [5.41, 5.74) is 1.97. The van der Waals surface area contributed by atoms with E-state index in [0.29, 0.717) is 17.8 Å². The van der Waals surface area contributed by atoms with Gasteiger partial charge in [-0.1, -0.05) is 80.6 Å². The van der Waals surface area contributed by atoms with Gasteiger partial charge < -0.3 is 10.2 Å². The lowest BCUT2D eigenvalue weighted by molar-refractivity contribution is -0.139. The van der Waals surface area contributed by atoms with Gasteiger partial charge in [-0.15, -0.1) is 0 Å². The van der Waals surface area contributed by atoms with Crippen molar-refractivity contribution in [3.63, 3.8) is 0 Å². The van der Waals surface area contributed by atoms with E-state index in [1.165, 1.54) is 17.0 Å². The molecular weight excluding hydrogens is 486 g/mol. The lowest BCUT2D eigenvalue weighted by atomic mass is 10.1. The fraction of sp³-hybridized carbons (Fsp3) is 0.310. The summed E-state index contributed by atoms with van der Waals surface area (Å²) in [5, 5.41) is 2.89. The standard InChI is InChI=1S/C29H35N3O4S/c1-22(2)19-30-29(34)24(4)31(20-25-14-7-5-8-15-25)28(33)21-32(27-18-12-11-13-23(27)3)37(35,36)26-16-9-6-10-17-26/h5-18,22,24H,19-21H2,1-4H3,(H,30,34). The molecule has 0 saturated carbocycles. The molecule has 3 aromatic carbocycles. The van der Waals surface area contributed by atoms with Crippen LogP contribution in [-0.2, 0) is 26.2 Å². The summed E-state index contributed by atoms with van der Waals surface area (Å²) in [6.45, 7) is 7.66. The van der Waals surface area contributed by atoms with Crippen LogP contribution in [0, 0.1) is 12.8 Å². The number of rotatable bonds is 11. The van der Waals surface area contributed by atoms with Crippen molar-refractivity contribution in [2.45, 2.75) is 45.2 Å². The average Bonchev–Trinajstić information content (AvgIpc) is 2.90. The minimum atomic E-state index is -4.06. The van der Waals surface area contributed by atoms with E-state index in [2.05, 4.69) is 5.32 Å². The molecule has 8 heteroatoms. The smallest absolute Gasteiger partial charge is 0.264 e. The molecule has 0 aliphatic carbocycles. The number of nitrogens with zero attached hydrogens (tertiary/aromatic N) is 2. The predicted molar refractivity (Wildman–Crippen MR) is 146 cm³/mol. The van der Waals surface area contributed by atoms with Crippen LogP contribution in [0.3, 0.4) is 0 Å². The monoisotopic (exact) mass is 521 g/mol. The Morgan fingerprint density at radius 2 is 1.41 bits per heavy atom. The maximum absolute atomic E-state index is 13.8. The number of carbonyl (C=O) groups excluding carboxylic acids is 2. The fourth-order valence-electron chi connectivity index (χ4n) is 3.89. The van der Waals surface area contributed by atoms with Gasteiger partial charge in [-0.3, -0.25) is 13.9 Å². The Balaban J connectivity index is 1.99. The first-order chi connectivity index (χ1) is 17.6. The molecule has 0 heterocycles. The van der Waals surface area contributed by atoms with Gasteiger partial charge in [0, 0.05) is 13.1 Å². The number of anilines is 1. The maximum atomic E-state index is 13.8. The number of carbonyl (C=O) groups is 2. The number of nitrogens with one attached hydrogen (secondary N) is 1. The van der Waals surface area contributed by atoms with Gasteiger partial charge in [0.1, 0.15) is 12.6 Å². The quantitative estimate of drug-likeness (QED) is 0.406. The molecule has 0 aliphatic heterocycles. The third-order valence-electron chi connectivity index (χ3n) is 6.04. The SMILES string of the molecule is Cc1ccccc1N(CC(=O)N(Cc1ccccc1)C(C)C(=O)NCC(C)C)S(=O)(=O)c1ccccc1. The van der Waals surface area contributed by atoms with Gasteiger partial charge in [0.15, 0.2) is 0 Å². The number of para-hydroxylation sites is 1. The number of hydrogen-bond donors (Lipinski definition) is 1. The van der Waals surface area contributed by atoms with E-state index >= 15 is 0 Å². The molecule has 1 N–H and O–H groups in total. The van der Waals surface area contributed by atoms with Crippen LogP contribution in [-0.4, -0.2) is 44.3 Å². The second-order valence-corrected chi connectivity index (χ2v) is 11.3. The molecule has 3 aromatic rings. The molecule has 0 radical (unpaired) electrons. The maximum Gasteiger partial charge on any atom is 0.264 e. The van der Waals surface area contributed by atoms with Crippen molar-refractivity contribution in [3.05, 3.63) is 96.1 Å². The summed E-state index contributed by atoms with van der Waals surface area (Å²) >= 11 is 0. The van der Waals surface area contributed by atoms with Crippen molar-refractivity contribution in [3.8, 4) is 0 Å². The van der Waals surface area contributed by atoms with Gasteiger partial charge in [-0.25, -0.2) is 8.42 Å². The van der Waals surface area contributed by atoms with Crippen molar-refractivity contribution < 1.29 is 18.0 Å². The highest BCUT2D eigenvalue weighted by atomic mass is 32.2. The average molecular weight is 522 g/mol. The number of amides is 2. The Labute approximate surface area is 220 Å². The van der Waals surface area contributed by atoms with E-state index < -0.39 is 28.5 Å². The van der Waals surface area contributed by atoms with Crippen molar-refractivity contribution in [2.75, 3.05) is 17.4 Å². The topological polar surface area (TPSA) is 86.8 Å². The Bertz CT molecular complexity index is 1290. The Hall–Kier alpha value is -3.65. The third-order valence-corrected chi connectivity index (χ3v) is 7.82. The molecule has 196 valence electrons. The summed E-state index contributed by atoms with van der Waals surface area (Å²) < 4.78 is 28.7. The van der Waals surface area contributed by atoms with Crippen molar-refractivity contribution >= 4 is 27.5 Å². The van der Waals surface area contributed by atoms with Gasteiger partial charge in [0.25, 0.3) is 10.0 Å².